The van der Waals surface area contributed by atoms with E-state index in [0.717, 1.165) is 23.8 Å². The third-order valence-electron chi connectivity index (χ3n) is 3.13. The minimum absolute atomic E-state index is 0.165. The number of aromatic nitrogens is 1. The van der Waals surface area contributed by atoms with E-state index in [-0.39, 0.29) is 5.82 Å². The van der Waals surface area contributed by atoms with Gasteiger partial charge in [-0.25, -0.2) is 9.37 Å². The van der Waals surface area contributed by atoms with Crippen molar-refractivity contribution in [2.24, 2.45) is 0 Å². The number of nitrogens with zero attached hydrogens (tertiary/aromatic N) is 2. The van der Waals surface area contributed by atoms with E-state index in [1.54, 1.807) is 17.4 Å². The fourth-order valence-electron chi connectivity index (χ4n) is 2.06. The number of hydrogen-bond donors (Lipinski definition) is 1. The van der Waals surface area contributed by atoms with E-state index in [4.69, 9.17) is 0 Å². The normalized spacial score (nSPS) is 10.8. The van der Waals surface area contributed by atoms with Gasteiger partial charge in [-0.05, 0) is 19.5 Å². The van der Waals surface area contributed by atoms with Crippen molar-refractivity contribution in [3.05, 3.63) is 46.2 Å². The van der Waals surface area contributed by atoms with Gasteiger partial charge in [0.1, 0.15) is 5.82 Å². The molecule has 0 saturated carbocycles. The maximum atomic E-state index is 13.7. The number of hydrogen-bond acceptors (Lipinski definition) is 4. The highest BCUT2D eigenvalue weighted by molar-refractivity contribution is 7.15. The molecule has 0 amide bonds. The molecular weight excluding hydrogens is 273 g/mol. The van der Waals surface area contributed by atoms with Gasteiger partial charge >= 0.3 is 0 Å². The van der Waals surface area contributed by atoms with Gasteiger partial charge in [-0.3, -0.25) is 0 Å². The standard InChI is InChI=1S/C15H20FN3S/c1-4-13-14(9-17-2)20-15(18-13)19(3)10-11-7-5-6-8-12(11)16/h5-8,17H,4,9-10H2,1-3H3. The Kier molecular flexibility index (Phi) is 5.09. The van der Waals surface area contributed by atoms with Crippen molar-refractivity contribution in [2.45, 2.75) is 26.4 Å². The number of halogens is 1. The molecule has 108 valence electrons. The lowest BCUT2D eigenvalue weighted by molar-refractivity contribution is 0.608. The summed E-state index contributed by atoms with van der Waals surface area (Å²) in [4.78, 5) is 7.91. The first kappa shape index (κ1) is 14.9. The summed E-state index contributed by atoms with van der Waals surface area (Å²) in [5.74, 6) is -0.165. The van der Waals surface area contributed by atoms with Crippen LogP contribution in [0.5, 0.6) is 0 Å². The highest BCUT2D eigenvalue weighted by Crippen LogP contribution is 2.27. The molecule has 0 aliphatic heterocycles. The Morgan fingerprint density at radius 1 is 1.35 bits per heavy atom. The Hall–Kier alpha value is -1.46. The third kappa shape index (κ3) is 3.35. The zero-order chi connectivity index (χ0) is 14.5. The van der Waals surface area contributed by atoms with Gasteiger partial charge in [-0.2, -0.15) is 0 Å². The molecule has 1 heterocycles. The van der Waals surface area contributed by atoms with Crippen LogP contribution in [0, 0.1) is 5.82 Å². The summed E-state index contributed by atoms with van der Waals surface area (Å²) in [7, 11) is 3.88. The Labute approximate surface area is 123 Å². The second kappa shape index (κ2) is 6.81. The molecule has 3 nitrogen and oxygen atoms in total. The van der Waals surface area contributed by atoms with Crippen LogP contribution in [0.15, 0.2) is 24.3 Å². The summed E-state index contributed by atoms with van der Waals surface area (Å²) in [6, 6.07) is 6.88. The van der Waals surface area contributed by atoms with Gasteiger partial charge in [0.2, 0.25) is 0 Å². The molecule has 2 rings (SSSR count). The first-order valence-electron chi connectivity index (χ1n) is 6.73. The average Bonchev–Trinajstić information content (AvgIpc) is 2.85. The number of thiazole rings is 1. The summed E-state index contributed by atoms with van der Waals surface area (Å²) < 4.78 is 13.7. The van der Waals surface area contributed by atoms with Gasteiger partial charge in [-0.15, -0.1) is 11.3 Å². The fourth-order valence-corrected chi connectivity index (χ4v) is 3.18. The number of rotatable bonds is 6. The van der Waals surface area contributed by atoms with Crippen molar-refractivity contribution in [2.75, 3.05) is 19.0 Å². The molecule has 0 spiro atoms. The number of anilines is 1. The molecule has 0 aliphatic carbocycles. The minimum atomic E-state index is -0.165. The van der Waals surface area contributed by atoms with Gasteiger partial charge in [0.05, 0.1) is 5.69 Å². The topological polar surface area (TPSA) is 28.2 Å². The van der Waals surface area contributed by atoms with Crippen LogP contribution in [0.4, 0.5) is 9.52 Å². The minimum Gasteiger partial charge on any atom is -0.347 e. The quantitative estimate of drug-likeness (QED) is 0.886. The summed E-state index contributed by atoms with van der Waals surface area (Å²) in [6.45, 7) is 3.46. The molecule has 0 unspecified atom stereocenters. The molecule has 20 heavy (non-hydrogen) atoms. The van der Waals surface area contributed by atoms with Crippen molar-refractivity contribution in [1.82, 2.24) is 10.3 Å². The molecule has 5 heteroatoms. The van der Waals surface area contributed by atoms with Crippen LogP contribution in [-0.2, 0) is 19.5 Å². The van der Waals surface area contributed by atoms with Gasteiger partial charge in [0.15, 0.2) is 5.13 Å². The third-order valence-corrected chi connectivity index (χ3v) is 4.34. The van der Waals surface area contributed by atoms with Gasteiger partial charge < -0.3 is 10.2 Å². The largest absolute Gasteiger partial charge is 0.347 e. The Balaban J connectivity index is 2.17. The molecule has 0 atom stereocenters. The number of aryl methyl sites for hydroxylation is 1. The lowest BCUT2D eigenvalue weighted by atomic mass is 10.2. The zero-order valence-corrected chi connectivity index (χ0v) is 12.9. The Bertz CT molecular complexity index is 568. The predicted octanol–water partition coefficient (Wildman–Crippen LogP) is 3.20. The lowest BCUT2D eigenvalue weighted by Crippen LogP contribution is -2.17. The van der Waals surface area contributed by atoms with Crippen LogP contribution in [0.2, 0.25) is 0 Å². The van der Waals surface area contributed by atoms with Crippen LogP contribution in [0.3, 0.4) is 0 Å². The molecule has 0 radical (unpaired) electrons. The van der Waals surface area contributed by atoms with E-state index < -0.39 is 0 Å². The van der Waals surface area contributed by atoms with Crippen LogP contribution in [-0.4, -0.2) is 19.1 Å². The van der Waals surface area contributed by atoms with E-state index in [1.165, 1.54) is 10.9 Å². The van der Waals surface area contributed by atoms with E-state index >= 15 is 0 Å². The van der Waals surface area contributed by atoms with Crippen LogP contribution < -0.4 is 10.2 Å². The highest BCUT2D eigenvalue weighted by atomic mass is 32.1. The van der Waals surface area contributed by atoms with Crippen molar-refractivity contribution in [3.63, 3.8) is 0 Å². The summed E-state index contributed by atoms with van der Waals surface area (Å²) >= 11 is 1.67. The average molecular weight is 293 g/mol. The molecule has 1 aromatic heterocycles. The molecule has 0 bridgehead atoms. The van der Waals surface area contributed by atoms with Crippen LogP contribution >= 0.6 is 11.3 Å². The smallest absolute Gasteiger partial charge is 0.185 e. The molecule has 0 saturated heterocycles. The van der Waals surface area contributed by atoms with Crippen molar-refractivity contribution in [1.29, 1.82) is 0 Å². The first-order chi connectivity index (χ1) is 9.65. The summed E-state index contributed by atoms with van der Waals surface area (Å²) in [6.07, 6.45) is 0.918. The number of nitrogens with one attached hydrogen (secondary N) is 1. The fraction of sp³-hybridized carbons (Fsp3) is 0.400. The second-order valence-corrected chi connectivity index (χ2v) is 5.76. The molecular formula is C15H20FN3S. The lowest BCUT2D eigenvalue weighted by Gasteiger charge is -2.16. The van der Waals surface area contributed by atoms with Crippen molar-refractivity contribution < 1.29 is 4.39 Å². The van der Waals surface area contributed by atoms with Gasteiger partial charge in [-0.1, -0.05) is 25.1 Å². The zero-order valence-electron chi connectivity index (χ0n) is 12.1. The molecule has 2 aromatic rings. The SMILES string of the molecule is CCc1nc(N(C)Cc2ccccc2F)sc1CNC. The molecule has 1 aromatic carbocycles. The van der Waals surface area contributed by atoms with E-state index in [0.29, 0.717) is 12.1 Å². The van der Waals surface area contributed by atoms with Crippen LogP contribution in [0.1, 0.15) is 23.1 Å². The van der Waals surface area contributed by atoms with E-state index in [1.807, 2.05) is 31.1 Å². The molecule has 0 fully saturated rings. The second-order valence-electron chi connectivity index (χ2n) is 4.70. The molecule has 1 N–H and O–H groups in total. The van der Waals surface area contributed by atoms with E-state index in [9.17, 15) is 4.39 Å². The number of benzene rings is 1. The maximum absolute atomic E-state index is 13.7. The monoisotopic (exact) mass is 293 g/mol. The van der Waals surface area contributed by atoms with Crippen molar-refractivity contribution >= 4 is 16.5 Å². The first-order valence-corrected chi connectivity index (χ1v) is 7.55. The Morgan fingerprint density at radius 3 is 2.75 bits per heavy atom. The molecule has 0 aliphatic rings. The maximum Gasteiger partial charge on any atom is 0.185 e. The van der Waals surface area contributed by atoms with Gasteiger partial charge in [0.25, 0.3) is 0 Å². The summed E-state index contributed by atoms with van der Waals surface area (Å²) in [5, 5.41) is 4.10. The van der Waals surface area contributed by atoms with Crippen LogP contribution in [0.25, 0.3) is 0 Å². The Morgan fingerprint density at radius 2 is 2.10 bits per heavy atom. The van der Waals surface area contributed by atoms with Gasteiger partial charge in [0, 0.05) is 30.6 Å². The highest BCUT2D eigenvalue weighted by Gasteiger charge is 2.13. The van der Waals surface area contributed by atoms with E-state index in [2.05, 4.69) is 17.2 Å². The predicted molar refractivity (Wildman–Crippen MR) is 82.8 cm³/mol. The van der Waals surface area contributed by atoms with Crippen molar-refractivity contribution in [3.8, 4) is 0 Å². The summed E-state index contributed by atoms with van der Waals surface area (Å²) in [5.41, 5.74) is 1.82.